The summed E-state index contributed by atoms with van der Waals surface area (Å²) in [5.41, 5.74) is 7.55. The maximum atomic E-state index is 12.8. The second kappa shape index (κ2) is 8.30. The number of piperidine rings is 1. The van der Waals surface area contributed by atoms with Gasteiger partial charge in [-0.1, -0.05) is 44.2 Å². The van der Waals surface area contributed by atoms with Crippen molar-refractivity contribution in [3.05, 3.63) is 35.9 Å². The van der Waals surface area contributed by atoms with E-state index in [0.29, 0.717) is 6.54 Å². The number of carbonyl (C=O) groups excluding carboxylic acids is 1. The summed E-state index contributed by atoms with van der Waals surface area (Å²) in [5.74, 6) is 1.55. The number of hydrogen-bond acceptors (Lipinski definition) is 4. The fourth-order valence-electron chi connectivity index (χ4n) is 4.44. The van der Waals surface area contributed by atoms with Crippen LogP contribution in [0, 0.1) is 17.8 Å². The molecule has 138 valence electrons. The van der Waals surface area contributed by atoms with Gasteiger partial charge in [0.05, 0.1) is 12.0 Å². The third-order valence-corrected chi connectivity index (χ3v) is 5.34. The molecule has 3 N–H and O–H groups in total. The van der Waals surface area contributed by atoms with E-state index < -0.39 is 0 Å². The summed E-state index contributed by atoms with van der Waals surface area (Å²) in [6, 6.07) is 10.4. The summed E-state index contributed by atoms with van der Waals surface area (Å²) in [7, 11) is 0. The minimum atomic E-state index is -0.0796. The predicted molar refractivity (Wildman–Crippen MR) is 101 cm³/mol. The van der Waals surface area contributed by atoms with Crippen LogP contribution < -0.4 is 16.2 Å². The van der Waals surface area contributed by atoms with Crippen LogP contribution in [0.2, 0.25) is 0 Å². The third kappa shape index (κ3) is 4.81. The first-order valence-electron chi connectivity index (χ1n) is 9.59. The number of benzene rings is 1. The molecule has 0 saturated carbocycles. The first-order chi connectivity index (χ1) is 12.0. The van der Waals surface area contributed by atoms with Crippen LogP contribution in [0.5, 0.6) is 0 Å². The lowest BCUT2D eigenvalue weighted by atomic mass is 9.91. The standard InChI is InChI=1S/C20H32N4O/c1-14-9-15(2)12-24(11-14)13-16(3)22-20(25)18-10-21-23-19(18)17-7-5-4-6-8-17/h4-8,14-16,18-19,21,23H,9-13H2,1-3H3,(H,22,25). The first kappa shape index (κ1) is 18.4. The first-order valence-corrected chi connectivity index (χ1v) is 9.59. The van der Waals surface area contributed by atoms with Crippen LogP contribution in [0.15, 0.2) is 30.3 Å². The summed E-state index contributed by atoms with van der Waals surface area (Å²) in [5, 5.41) is 3.24. The highest BCUT2D eigenvalue weighted by molar-refractivity contribution is 5.80. The number of carbonyl (C=O) groups is 1. The molecule has 2 saturated heterocycles. The summed E-state index contributed by atoms with van der Waals surface area (Å²) < 4.78 is 0. The summed E-state index contributed by atoms with van der Waals surface area (Å²) >= 11 is 0. The van der Waals surface area contributed by atoms with Gasteiger partial charge in [0.2, 0.25) is 5.91 Å². The lowest BCUT2D eigenvalue weighted by Gasteiger charge is -2.36. The van der Waals surface area contributed by atoms with E-state index >= 15 is 0 Å². The Morgan fingerprint density at radius 3 is 2.60 bits per heavy atom. The molecule has 2 aliphatic heterocycles. The fraction of sp³-hybridized carbons (Fsp3) is 0.650. The van der Waals surface area contributed by atoms with Gasteiger partial charge in [-0.3, -0.25) is 10.2 Å². The van der Waals surface area contributed by atoms with Crippen molar-refractivity contribution < 1.29 is 4.79 Å². The van der Waals surface area contributed by atoms with Crippen LogP contribution in [0.25, 0.3) is 0 Å². The molecule has 1 aromatic rings. The van der Waals surface area contributed by atoms with E-state index in [1.54, 1.807) is 0 Å². The molecule has 0 radical (unpaired) electrons. The van der Waals surface area contributed by atoms with E-state index in [4.69, 9.17) is 0 Å². The SMILES string of the molecule is CC1CC(C)CN(CC(C)NC(=O)C2CNNC2c2ccccc2)C1. The van der Waals surface area contributed by atoms with Gasteiger partial charge in [0.1, 0.15) is 0 Å². The highest BCUT2D eigenvalue weighted by Crippen LogP contribution is 2.25. The summed E-state index contributed by atoms with van der Waals surface area (Å²) in [6.07, 6.45) is 1.31. The molecule has 5 atom stereocenters. The van der Waals surface area contributed by atoms with Crippen LogP contribution in [0.3, 0.4) is 0 Å². The van der Waals surface area contributed by atoms with E-state index in [1.807, 2.05) is 18.2 Å². The Balaban J connectivity index is 1.54. The van der Waals surface area contributed by atoms with Crippen molar-refractivity contribution in [2.75, 3.05) is 26.2 Å². The molecule has 1 aromatic carbocycles. The molecule has 5 nitrogen and oxygen atoms in total. The second-order valence-electron chi connectivity index (χ2n) is 8.09. The Morgan fingerprint density at radius 1 is 1.24 bits per heavy atom. The summed E-state index contributed by atoms with van der Waals surface area (Å²) in [6.45, 7) is 10.7. The van der Waals surface area contributed by atoms with E-state index in [1.165, 1.54) is 6.42 Å². The molecule has 1 amide bonds. The van der Waals surface area contributed by atoms with Gasteiger partial charge in [-0.05, 0) is 30.7 Å². The van der Waals surface area contributed by atoms with Gasteiger partial charge in [0.15, 0.2) is 0 Å². The number of hydrogen-bond donors (Lipinski definition) is 3. The van der Waals surface area contributed by atoms with Crippen LogP contribution in [0.4, 0.5) is 0 Å². The van der Waals surface area contributed by atoms with Crippen molar-refractivity contribution in [2.45, 2.75) is 39.3 Å². The van der Waals surface area contributed by atoms with Crippen molar-refractivity contribution in [2.24, 2.45) is 17.8 Å². The largest absolute Gasteiger partial charge is 0.352 e. The van der Waals surface area contributed by atoms with Gasteiger partial charge < -0.3 is 10.2 Å². The monoisotopic (exact) mass is 344 g/mol. The molecular weight excluding hydrogens is 312 g/mol. The summed E-state index contributed by atoms with van der Waals surface area (Å²) in [4.78, 5) is 15.3. The van der Waals surface area contributed by atoms with Gasteiger partial charge in [-0.15, -0.1) is 0 Å². The molecule has 0 aromatic heterocycles. The van der Waals surface area contributed by atoms with E-state index in [9.17, 15) is 4.79 Å². The zero-order valence-electron chi connectivity index (χ0n) is 15.7. The number of nitrogens with one attached hydrogen (secondary N) is 3. The molecule has 2 fully saturated rings. The maximum Gasteiger partial charge on any atom is 0.226 e. The van der Waals surface area contributed by atoms with Gasteiger partial charge in [-0.2, -0.15) is 0 Å². The minimum absolute atomic E-state index is 0.0310. The topological polar surface area (TPSA) is 56.4 Å². The van der Waals surface area contributed by atoms with Crippen molar-refractivity contribution in [1.29, 1.82) is 0 Å². The second-order valence-corrected chi connectivity index (χ2v) is 8.09. The van der Waals surface area contributed by atoms with E-state index in [2.05, 4.69) is 54.0 Å². The zero-order valence-corrected chi connectivity index (χ0v) is 15.7. The third-order valence-electron chi connectivity index (χ3n) is 5.34. The van der Waals surface area contributed by atoms with Crippen LogP contribution in [-0.2, 0) is 4.79 Å². The van der Waals surface area contributed by atoms with Crippen molar-refractivity contribution in [3.63, 3.8) is 0 Å². The van der Waals surface area contributed by atoms with Gasteiger partial charge in [0.25, 0.3) is 0 Å². The lowest BCUT2D eigenvalue weighted by molar-refractivity contribution is -0.125. The molecule has 2 heterocycles. The van der Waals surface area contributed by atoms with Gasteiger partial charge in [-0.25, -0.2) is 5.43 Å². The van der Waals surface area contributed by atoms with Gasteiger partial charge >= 0.3 is 0 Å². The number of rotatable bonds is 5. The zero-order chi connectivity index (χ0) is 17.8. The van der Waals surface area contributed by atoms with Crippen LogP contribution >= 0.6 is 0 Å². The quantitative estimate of drug-likeness (QED) is 0.764. The average molecular weight is 345 g/mol. The molecule has 25 heavy (non-hydrogen) atoms. The molecule has 0 bridgehead atoms. The molecule has 0 aliphatic carbocycles. The normalized spacial score (nSPS) is 31.6. The highest BCUT2D eigenvalue weighted by atomic mass is 16.2. The average Bonchev–Trinajstić information content (AvgIpc) is 3.04. The Hall–Kier alpha value is -1.43. The minimum Gasteiger partial charge on any atom is -0.352 e. The molecular formula is C20H32N4O. The number of amides is 1. The Morgan fingerprint density at radius 2 is 1.92 bits per heavy atom. The van der Waals surface area contributed by atoms with Gasteiger partial charge in [0, 0.05) is 32.2 Å². The molecule has 3 rings (SSSR count). The smallest absolute Gasteiger partial charge is 0.226 e. The van der Waals surface area contributed by atoms with Crippen molar-refractivity contribution in [3.8, 4) is 0 Å². The maximum absolute atomic E-state index is 12.8. The predicted octanol–water partition coefficient (Wildman–Crippen LogP) is 1.93. The molecule has 5 unspecified atom stereocenters. The number of likely N-dealkylation sites (tertiary alicyclic amines) is 1. The van der Waals surface area contributed by atoms with E-state index in [0.717, 1.165) is 37.0 Å². The Labute approximate surface area is 151 Å². The fourth-order valence-corrected chi connectivity index (χ4v) is 4.44. The number of hydrazine groups is 1. The van der Waals surface area contributed by atoms with Crippen molar-refractivity contribution in [1.82, 2.24) is 21.1 Å². The lowest BCUT2D eigenvalue weighted by Crippen LogP contribution is -2.48. The number of nitrogens with zero attached hydrogens (tertiary/aromatic N) is 1. The Kier molecular flexibility index (Phi) is 6.10. The van der Waals surface area contributed by atoms with Crippen LogP contribution in [0.1, 0.15) is 38.8 Å². The van der Waals surface area contributed by atoms with Crippen LogP contribution in [-0.4, -0.2) is 43.0 Å². The molecule has 0 spiro atoms. The highest BCUT2D eigenvalue weighted by Gasteiger charge is 2.34. The van der Waals surface area contributed by atoms with Crippen molar-refractivity contribution >= 4 is 5.91 Å². The molecule has 2 aliphatic rings. The molecule has 5 heteroatoms. The Bertz CT molecular complexity index is 554. The van der Waals surface area contributed by atoms with E-state index in [-0.39, 0.29) is 23.9 Å².